The minimum atomic E-state index is -0.953. The molecule has 0 saturated heterocycles. The molecule has 0 atom stereocenters. The Hall–Kier alpha value is -2.35. The second-order valence-electron chi connectivity index (χ2n) is 4.77. The van der Waals surface area contributed by atoms with E-state index in [2.05, 4.69) is 11.1 Å². The van der Waals surface area contributed by atoms with Gasteiger partial charge in [0.1, 0.15) is 0 Å². The summed E-state index contributed by atoms with van der Waals surface area (Å²) in [6.45, 7) is 0.586. The molecular formula is C13H11N3O2. The number of aromatic nitrogens is 2. The van der Waals surface area contributed by atoms with Gasteiger partial charge in [0, 0.05) is 6.54 Å². The van der Waals surface area contributed by atoms with E-state index in [1.165, 1.54) is 0 Å². The zero-order chi connectivity index (χ0) is 12.8. The first-order chi connectivity index (χ1) is 8.63. The van der Waals surface area contributed by atoms with Crippen molar-refractivity contribution < 1.29 is 9.90 Å². The predicted octanol–water partition coefficient (Wildman–Crippen LogP) is 2.04. The molecule has 2 aromatic rings. The van der Waals surface area contributed by atoms with Crippen LogP contribution < -0.4 is 0 Å². The fraction of sp³-hybridized carbons (Fsp3) is 0.308. The second kappa shape index (κ2) is 3.57. The van der Waals surface area contributed by atoms with Crippen molar-refractivity contribution in [3.05, 3.63) is 30.1 Å². The third-order valence-corrected chi connectivity index (χ3v) is 3.43. The molecule has 0 bridgehead atoms. The Labute approximate surface area is 103 Å². The van der Waals surface area contributed by atoms with Gasteiger partial charge in [0.15, 0.2) is 0 Å². The zero-order valence-corrected chi connectivity index (χ0v) is 9.63. The molecule has 1 N–H and O–H groups in total. The van der Waals surface area contributed by atoms with E-state index in [-0.39, 0.29) is 11.0 Å². The molecule has 0 spiro atoms. The van der Waals surface area contributed by atoms with E-state index in [1.807, 2.05) is 4.57 Å². The number of fused-ring (bicyclic) bond motifs is 1. The lowest BCUT2D eigenvalue weighted by Crippen LogP contribution is -2.08. The van der Waals surface area contributed by atoms with E-state index in [0.29, 0.717) is 6.54 Å². The molecule has 5 nitrogen and oxygen atoms in total. The van der Waals surface area contributed by atoms with Gasteiger partial charge in [0.2, 0.25) is 0 Å². The Morgan fingerprint density at radius 2 is 2.33 bits per heavy atom. The van der Waals surface area contributed by atoms with Crippen LogP contribution in [-0.4, -0.2) is 20.6 Å². The summed E-state index contributed by atoms with van der Waals surface area (Å²) in [4.78, 5) is 15.2. The van der Waals surface area contributed by atoms with E-state index in [9.17, 15) is 4.79 Å². The molecule has 18 heavy (non-hydrogen) atoms. The van der Waals surface area contributed by atoms with Crippen LogP contribution in [0.4, 0.5) is 0 Å². The summed E-state index contributed by atoms with van der Waals surface area (Å²) in [7, 11) is 0. The molecule has 0 radical (unpaired) electrons. The highest BCUT2D eigenvalue weighted by atomic mass is 16.4. The molecule has 1 aromatic carbocycles. The molecule has 1 fully saturated rings. The number of benzene rings is 1. The number of nitrogens with zero attached hydrogens (tertiary/aromatic N) is 3. The normalized spacial score (nSPS) is 16.4. The summed E-state index contributed by atoms with van der Waals surface area (Å²) in [5.41, 5.74) is 1.50. The Kier molecular flexibility index (Phi) is 2.14. The highest BCUT2D eigenvalue weighted by Crippen LogP contribution is 2.46. The van der Waals surface area contributed by atoms with Gasteiger partial charge >= 0.3 is 5.97 Å². The first-order valence-electron chi connectivity index (χ1n) is 5.73. The molecule has 1 heterocycles. The second-order valence-corrected chi connectivity index (χ2v) is 4.77. The summed E-state index contributed by atoms with van der Waals surface area (Å²) in [6, 6.07) is 7.17. The van der Waals surface area contributed by atoms with Gasteiger partial charge in [-0.25, -0.2) is 9.78 Å². The van der Waals surface area contributed by atoms with E-state index in [4.69, 9.17) is 10.4 Å². The predicted molar refractivity (Wildman–Crippen MR) is 64.0 cm³/mol. The lowest BCUT2D eigenvalue weighted by atomic mass is 10.1. The van der Waals surface area contributed by atoms with Gasteiger partial charge in [-0.3, -0.25) is 0 Å². The molecule has 1 saturated carbocycles. The summed E-state index contributed by atoms with van der Waals surface area (Å²) in [5.74, 6) is -0.953. The van der Waals surface area contributed by atoms with Crippen LogP contribution in [0.2, 0.25) is 0 Å². The van der Waals surface area contributed by atoms with E-state index < -0.39 is 5.97 Å². The lowest BCUT2D eigenvalue weighted by molar-refractivity contribution is 0.0697. The fourth-order valence-corrected chi connectivity index (χ4v) is 2.10. The maximum atomic E-state index is 10.9. The van der Waals surface area contributed by atoms with Crippen molar-refractivity contribution in [2.24, 2.45) is 5.41 Å². The van der Waals surface area contributed by atoms with Gasteiger partial charge in [-0.1, -0.05) is 0 Å². The van der Waals surface area contributed by atoms with Crippen LogP contribution in [0.15, 0.2) is 24.5 Å². The van der Waals surface area contributed by atoms with Crippen molar-refractivity contribution in [3.63, 3.8) is 0 Å². The first-order valence-corrected chi connectivity index (χ1v) is 5.73. The third kappa shape index (κ3) is 1.63. The van der Waals surface area contributed by atoms with Gasteiger partial charge in [-0.15, -0.1) is 0 Å². The molecule has 1 aliphatic carbocycles. The van der Waals surface area contributed by atoms with Crippen LogP contribution in [0, 0.1) is 16.7 Å². The molecule has 1 aliphatic rings. The molecule has 5 heteroatoms. The number of hydrogen-bond donors (Lipinski definition) is 1. The first kappa shape index (κ1) is 10.8. The quantitative estimate of drug-likeness (QED) is 0.891. The minimum Gasteiger partial charge on any atom is -0.478 e. The monoisotopic (exact) mass is 241 g/mol. The van der Waals surface area contributed by atoms with E-state index in [1.54, 1.807) is 24.5 Å². The van der Waals surface area contributed by atoms with Crippen molar-refractivity contribution >= 4 is 17.0 Å². The van der Waals surface area contributed by atoms with Gasteiger partial charge in [0.25, 0.3) is 0 Å². The van der Waals surface area contributed by atoms with E-state index in [0.717, 1.165) is 23.9 Å². The Morgan fingerprint density at radius 3 is 2.94 bits per heavy atom. The molecule has 1 aromatic heterocycles. The van der Waals surface area contributed by atoms with Crippen LogP contribution in [0.25, 0.3) is 11.0 Å². The van der Waals surface area contributed by atoms with Crippen LogP contribution in [0.1, 0.15) is 23.2 Å². The lowest BCUT2D eigenvalue weighted by Gasteiger charge is -2.08. The smallest absolute Gasteiger partial charge is 0.335 e. The summed E-state index contributed by atoms with van der Waals surface area (Å²) >= 11 is 0. The Morgan fingerprint density at radius 1 is 1.56 bits per heavy atom. The number of aromatic carboxylic acids is 1. The highest BCUT2D eigenvalue weighted by molar-refractivity contribution is 5.92. The van der Waals surface area contributed by atoms with Crippen LogP contribution in [0.5, 0.6) is 0 Å². The topological polar surface area (TPSA) is 78.9 Å². The molecule has 3 rings (SSSR count). The van der Waals surface area contributed by atoms with Crippen molar-refractivity contribution in [3.8, 4) is 6.07 Å². The summed E-state index contributed by atoms with van der Waals surface area (Å²) < 4.78 is 1.87. The maximum Gasteiger partial charge on any atom is 0.335 e. The highest BCUT2D eigenvalue weighted by Gasteiger charge is 2.43. The Bertz CT molecular complexity index is 677. The minimum absolute atomic E-state index is 0.242. The largest absolute Gasteiger partial charge is 0.478 e. The number of hydrogen-bond acceptors (Lipinski definition) is 3. The third-order valence-electron chi connectivity index (χ3n) is 3.43. The van der Waals surface area contributed by atoms with Crippen LogP contribution in [-0.2, 0) is 6.54 Å². The molecular weight excluding hydrogens is 230 g/mol. The molecule has 0 amide bonds. The number of rotatable bonds is 3. The van der Waals surface area contributed by atoms with Crippen molar-refractivity contribution in [1.82, 2.24) is 9.55 Å². The molecule has 90 valence electrons. The molecule has 0 aliphatic heterocycles. The van der Waals surface area contributed by atoms with Crippen LogP contribution in [0.3, 0.4) is 0 Å². The zero-order valence-electron chi connectivity index (χ0n) is 9.63. The van der Waals surface area contributed by atoms with Gasteiger partial charge in [-0.2, -0.15) is 5.26 Å². The standard InChI is InChI=1S/C13H11N3O2/c14-6-13(3-4-13)7-16-8-15-10-2-1-9(12(17)18)5-11(10)16/h1-2,5,8H,3-4,7H2,(H,17,18). The van der Waals surface area contributed by atoms with E-state index >= 15 is 0 Å². The van der Waals surface area contributed by atoms with Gasteiger partial charge in [-0.05, 0) is 31.0 Å². The number of carbonyl (C=O) groups is 1. The average Bonchev–Trinajstić information content (AvgIpc) is 3.04. The van der Waals surface area contributed by atoms with Crippen molar-refractivity contribution in [1.29, 1.82) is 5.26 Å². The summed E-state index contributed by atoms with van der Waals surface area (Å²) in [5, 5.41) is 18.1. The molecule has 0 unspecified atom stereocenters. The number of carboxylic acids is 1. The Balaban J connectivity index is 2.05. The van der Waals surface area contributed by atoms with Crippen LogP contribution >= 0.6 is 0 Å². The van der Waals surface area contributed by atoms with Crippen molar-refractivity contribution in [2.75, 3.05) is 0 Å². The number of carboxylic acid groups (broad SMARTS) is 1. The maximum absolute atomic E-state index is 10.9. The SMILES string of the molecule is N#CC1(Cn2cnc3ccc(C(=O)O)cc32)CC1. The van der Waals surface area contributed by atoms with Gasteiger partial charge in [0.05, 0.1) is 34.4 Å². The van der Waals surface area contributed by atoms with Crippen molar-refractivity contribution in [2.45, 2.75) is 19.4 Å². The number of imidazole rings is 1. The summed E-state index contributed by atoms with van der Waals surface area (Å²) in [6.07, 6.45) is 3.48. The average molecular weight is 241 g/mol. The fourth-order valence-electron chi connectivity index (χ4n) is 2.10. The number of nitriles is 1. The van der Waals surface area contributed by atoms with Gasteiger partial charge < -0.3 is 9.67 Å².